The minimum Gasteiger partial charge on any atom is -0.656 e. The van der Waals surface area contributed by atoms with Gasteiger partial charge in [-0.1, -0.05) is 225 Å². The van der Waals surface area contributed by atoms with Gasteiger partial charge in [-0.15, -0.1) is 22.8 Å². The number of hydrogen-bond donors (Lipinski definition) is 0. The molecule has 0 saturated carbocycles. The first-order valence-corrected chi connectivity index (χ1v) is 24.8. The van der Waals surface area contributed by atoms with Crippen molar-refractivity contribution in [2.24, 2.45) is 9.98 Å². The van der Waals surface area contributed by atoms with Crippen molar-refractivity contribution in [1.82, 2.24) is 9.97 Å². The summed E-state index contributed by atoms with van der Waals surface area (Å²) in [5.74, 6) is 1.84. The summed E-state index contributed by atoms with van der Waals surface area (Å²) in [5.41, 5.74) is 18.0. The SMILES string of the molecule is CC(C)c1ccc(-c2[n-]c(/C=C3/C=CC(/C=C/c4ccccc4)=N3)c3ccccc23)c(C(C)C)c1.CC(C)c1ccc(-c2[n-]c(/C=C3/C=CC(/C=C/c4ccccc4)=N3)c3ccccc23)c(C(C)C)c1.[Co]. The fraction of sp³-hybridized carbons (Fsp3) is 0.182. The van der Waals surface area contributed by atoms with Crippen molar-refractivity contribution in [3.63, 3.8) is 0 Å². The van der Waals surface area contributed by atoms with Crippen molar-refractivity contribution in [1.29, 1.82) is 0 Å². The van der Waals surface area contributed by atoms with E-state index in [0.717, 1.165) is 56.4 Å². The van der Waals surface area contributed by atoms with E-state index in [0.29, 0.717) is 23.7 Å². The van der Waals surface area contributed by atoms with E-state index in [-0.39, 0.29) is 16.8 Å². The number of rotatable bonds is 12. The fourth-order valence-electron chi connectivity index (χ4n) is 9.11. The maximum Gasteiger partial charge on any atom is 0.0637 e. The van der Waals surface area contributed by atoms with Crippen LogP contribution in [0.3, 0.4) is 0 Å². The molecule has 0 fully saturated rings. The van der Waals surface area contributed by atoms with E-state index in [1.54, 1.807) is 0 Å². The van der Waals surface area contributed by atoms with Crippen molar-refractivity contribution >= 4 is 57.3 Å². The van der Waals surface area contributed by atoms with Crippen molar-refractivity contribution < 1.29 is 16.8 Å². The quantitative estimate of drug-likeness (QED) is 0.122. The second kappa shape index (κ2) is 22.6. The van der Waals surface area contributed by atoms with E-state index in [1.807, 2.05) is 36.4 Å². The molecule has 357 valence electrons. The van der Waals surface area contributed by atoms with Crippen LogP contribution >= 0.6 is 0 Å². The van der Waals surface area contributed by atoms with Gasteiger partial charge >= 0.3 is 0 Å². The number of aromatic nitrogens is 2. The van der Waals surface area contributed by atoms with Gasteiger partial charge in [0.2, 0.25) is 0 Å². The zero-order valence-electron chi connectivity index (χ0n) is 42.1. The predicted octanol–water partition coefficient (Wildman–Crippen LogP) is 17.5. The van der Waals surface area contributed by atoms with Gasteiger partial charge in [-0.05, 0) is 126 Å². The first-order chi connectivity index (χ1) is 34.0. The van der Waals surface area contributed by atoms with Gasteiger partial charge < -0.3 is 9.97 Å². The molecule has 0 amide bonds. The normalized spacial score (nSPS) is 14.6. The smallest absolute Gasteiger partial charge is 0.0637 e. The summed E-state index contributed by atoms with van der Waals surface area (Å²) in [4.78, 5) is 19.9. The Kier molecular flexibility index (Phi) is 16.0. The van der Waals surface area contributed by atoms with Gasteiger partial charge in [0.25, 0.3) is 0 Å². The molecule has 2 aliphatic heterocycles. The van der Waals surface area contributed by atoms with Gasteiger partial charge in [-0.3, -0.25) is 0 Å². The van der Waals surface area contributed by atoms with Crippen LogP contribution in [-0.4, -0.2) is 11.4 Å². The molecule has 0 saturated heterocycles. The third kappa shape index (κ3) is 11.7. The molecule has 0 bridgehead atoms. The van der Waals surface area contributed by atoms with Gasteiger partial charge in [0.15, 0.2) is 0 Å². The molecule has 4 nitrogen and oxygen atoms in total. The average Bonchev–Trinajstić information content (AvgIpc) is 4.19. The maximum absolute atomic E-state index is 5.16. The van der Waals surface area contributed by atoms with E-state index < -0.39 is 0 Å². The van der Waals surface area contributed by atoms with Crippen molar-refractivity contribution in [3.8, 4) is 22.5 Å². The van der Waals surface area contributed by atoms with E-state index in [9.17, 15) is 0 Å². The number of nitrogens with zero attached hydrogens (tertiary/aromatic N) is 4. The number of fused-ring (bicyclic) bond motifs is 2. The molecule has 0 N–H and O–H groups in total. The first-order valence-electron chi connectivity index (χ1n) is 24.8. The molecule has 1 radical (unpaired) electrons. The Bertz CT molecular complexity index is 3190. The van der Waals surface area contributed by atoms with Crippen LogP contribution in [0.15, 0.2) is 203 Å². The summed E-state index contributed by atoms with van der Waals surface area (Å²) < 4.78 is 0. The minimum absolute atomic E-state index is 0. The Morgan fingerprint density at radius 1 is 0.380 bits per heavy atom. The van der Waals surface area contributed by atoms with Crippen LogP contribution in [0.1, 0.15) is 124 Å². The molecule has 5 heteroatoms. The monoisotopic (exact) mass is 969 g/mol. The van der Waals surface area contributed by atoms with E-state index >= 15 is 0 Å². The Morgan fingerprint density at radius 3 is 1.11 bits per heavy atom. The van der Waals surface area contributed by atoms with E-state index in [1.165, 1.54) is 55.3 Å². The predicted molar refractivity (Wildman–Crippen MR) is 302 cm³/mol. The Morgan fingerprint density at radius 2 is 0.746 bits per heavy atom. The molecule has 6 aromatic carbocycles. The van der Waals surface area contributed by atoms with Crippen LogP contribution in [0.25, 0.3) is 68.4 Å². The summed E-state index contributed by atoms with van der Waals surface area (Å²) >= 11 is 0. The van der Waals surface area contributed by atoms with Crippen LogP contribution in [0, 0.1) is 0 Å². The standard InChI is InChI=1S/2C33H31N2.Co/c2*1-22(2)25-15-19-30(31(20-25)23(3)4)33-29-13-9-8-12-28(29)32(35-33)21-27-18-17-26(34-27)16-14-24-10-6-5-7-11-24;/h2*5-23H,1-4H3;/q2*-1;/b2*16-14+,27-21-;. The number of aliphatic imine (C=N–C) groups is 2. The van der Waals surface area contributed by atoms with Crippen LogP contribution in [-0.2, 0) is 16.8 Å². The van der Waals surface area contributed by atoms with Crippen LogP contribution in [0.5, 0.6) is 0 Å². The minimum atomic E-state index is 0. The van der Waals surface area contributed by atoms with Gasteiger partial charge in [0.1, 0.15) is 0 Å². The van der Waals surface area contributed by atoms with Crippen LogP contribution in [0.2, 0.25) is 0 Å². The summed E-state index contributed by atoms with van der Waals surface area (Å²) in [6.07, 6.45) is 20.7. The summed E-state index contributed by atoms with van der Waals surface area (Å²) in [5, 5.41) is 4.70. The van der Waals surface area contributed by atoms with Gasteiger partial charge in [-0.2, -0.15) is 0 Å². The fourth-order valence-corrected chi connectivity index (χ4v) is 9.11. The Hall–Kier alpha value is -7.31. The topological polar surface area (TPSA) is 52.9 Å². The molecule has 2 aromatic heterocycles. The largest absolute Gasteiger partial charge is 0.656 e. The molecule has 8 aromatic rings. The zero-order valence-corrected chi connectivity index (χ0v) is 43.1. The van der Waals surface area contributed by atoms with E-state index in [4.69, 9.17) is 20.0 Å². The zero-order chi connectivity index (χ0) is 48.7. The number of allylic oxidation sites excluding steroid dienone is 6. The number of benzene rings is 6. The molecular formula is C66H62CoN4-2. The third-order valence-corrected chi connectivity index (χ3v) is 13.0. The van der Waals surface area contributed by atoms with Crippen molar-refractivity contribution in [3.05, 3.63) is 238 Å². The van der Waals surface area contributed by atoms with Crippen molar-refractivity contribution in [2.75, 3.05) is 0 Å². The molecule has 4 heterocycles. The van der Waals surface area contributed by atoms with Crippen LogP contribution < -0.4 is 9.97 Å². The molecule has 71 heavy (non-hydrogen) atoms. The molecule has 2 aliphatic rings. The molecule has 0 atom stereocenters. The maximum atomic E-state index is 5.16. The third-order valence-electron chi connectivity index (χ3n) is 13.0. The summed E-state index contributed by atoms with van der Waals surface area (Å²) in [6, 6.07) is 51.4. The Balaban J connectivity index is 0.000000188. The molecule has 0 spiro atoms. The Labute approximate surface area is 431 Å². The van der Waals surface area contributed by atoms with Crippen molar-refractivity contribution in [2.45, 2.75) is 79.1 Å². The van der Waals surface area contributed by atoms with Gasteiger partial charge in [0, 0.05) is 16.8 Å². The first kappa shape index (κ1) is 50.1. The second-order valence-corrected chi connectivity index (χ2v) is 19.5. The van der Waals surface area contributed by atoms with Crippen LogP contribution in [0.4, 0.5) is 0 Å². The van der Waals surface area contributed by atoms with E-state index in [2.05, 4.69) is 225 Å². The molecule has 10 rings (SSSR count). The van der Waals surface area contributed by atoms with Gasteiger partial charge in [0.05, 0.1) is 22.8 Å². The van der Waals surface area contributed by atoms with Gasteiger partial charge in [-0.25, -0.2) is 9.98 Å². The summed E-state index contributed by atoms with van der Waals surface area (Å²) in [6.45, 7) is 18.0. The molecule has 0 unspecified atom stereocenters. The average molecular weight is 970 g/mol. The second-order valence-electron chi connectivity index (χ2n) is 19.5. The number of hydrogen-bond acceptors (Lipinski definition) is 2. The summed E-state index contributed by atoms with van der Waals surface area (Å²) in [7, 11) is 0. The molecule has 0 aliphatic carbocycles. The molecular weight excluding hydrogens is 908 g/mol.